The van der Waals surface area contributed by atoms with Gasteiger partial charge in [-0.25, -0.2) is 0 Å². The minimum absolute atomic E-state index is 0.0301. The summed E-state index contributed by atoms with van der Waals surface area (Å²) in [6.45, 7) is 0.169. The van der Waals surface area contributed by atoms with Crippen molar-refractivity contribution in [2.45, 2.75) is 107 Å². The largest absolute Gasteiger partial charge is 0.664 e. The molecule has 1 fully saturated rings. The molecule has 2 aromatic heterocycles. The van der Waals surface area contributed by atoms with Crippen LogP contribution >= 0.6 is 0 Å². The number of aliphatic hydroxyl groups is 3. The molecule has 11 heteroatoms. The first-order chi connectivity index (χ1) is 30.6. The molecule has 3 aromatic carbocycles. The number of H-pyrrole nitrogens is 1. The molecule has 4 aliphatic rings. The second kappa shape index (κ2) is 18.1. The number of nitrogens with zero attached hydrogens (tertiary/aromatic N) is 2. The number of Topliss-reactive ketones (excluding diaryl/α,β-unsaturated/α-hetero) is 2. The van der Waals surface area contributed by atoms with Crippen molar-refractivity contribution < 1.29 is 39.9 Å². The highest BCUT2D eigenvalue weighted by molar-refractivity contribution is 6.02. The van der Waals surface area contributed by atoms with Crippen LogP contribution in [0, 0.1) is 5.92 Å². The maximum atomic E-state index is 14.8. The summed E-state index contributed by atoms with van der Waals surface area (Å²) in [6.07, 6.45) is 14.1. The van der Waals surface area contributed by atoms with E-state index in [1.54, 1.807) is 42.6 Å². The molecule has 0 spiro atoms. The molecule has 328 valence electrons. The van der Waals surface area contributed by atoms with Gasteiger partial charge in [-0.2, -0.15) is 6.20 Å². The summed E-state index contributed by atoms with van der Waals surface area (Å²) >= 11 is 0. The van der Waals surface area contributed by atoms with Crippen molar-refractivity contribution in [1.29, 1.82) is 0 Å². The van der Waals surface area contributed by atoms with Crippen molar-refractivity contribution in [2.24, 2.45) is 5.92 Å². The number of hydrogen-bond acceptors (Lipinski definition) is 8. The Labute approximate surface area is 367 Å². The van der Waals surface area contributed by atoms with Gasteiger partial charge >= 0.3 is 0 Å². The number of phenols is 2. The maximum Gasteiger partial charge on any atom is 0.163 e. The average molecular weight is 850 g/mol. The van der Waals surface area contributed by atoms with Gasteiger partial charge in [0.15, 0.2) is 11.5 Å². The summed E-state index contributed by atoms with van der Waals surface area (Å²) in [5.41, 5.74) is 6.89. The molecule has 6 N–H and O–H groups in total. The molecular weight excluding hydrogens is 795 g/mol. The van der Waals surface area contributed by atoms with Crippen LogP contribution in [-0.2, 0) is 35.3 Å². The van der Waals surface area contributed by atoms with Crippen LogP contribution in [-0.4, -0.2) is 66.9 Å². The van der Waals surface area contributed by atoms with Gasteiger partial charge in [-0.1, -0.05) is 83.8 Å². The molecule has 5 aromatic rings. The number of benzene rings is 3. The van der Waals surface area contributed by atoms with E-state index in [4.69, 9.17) is 10.1 Å². The second-order valence-electron chi connectivity index (χ2n) is 17.9. The minimum atomic E-state index is -1.34. The zero-order chi connectivity index (χ0) is 43.7. The second-order valence-corrected chi connectivity index (χ2v) is 17.9. The lowest BCUT2D eigenvalue weighted by atomic mass is 9.68. The lowest BCUT2D eigenvalue weighted by Crippen LogP contribution is -2.36. The van der Waals surface area contributed by atoms with Gasteiger partial charge in [0.05, 0.1) is 18.1 Å². The highest BCUT2D eigenvalue weighted by Crippen LogP contribution is 2.47. The van der Waals surface area contributed by atoms with Crippen LogP contribution in [0.15, 0.2) is 84.7 Å². The molecular formula is C52H55N3O8-2. The van der Waals surface area contributed by atoms with Gasteiger partial charge in [0.1, 0.15) is 23.4 Å². The van der Waals surface area contributed by atoms with Crippen molar-refractivity contribution in [2.75, 3.05) is 13.2 Å². The van der Waals surface area contributed by atoms with Crippen molar-refractivity contribution in [3.63, 3.8) is 0 Å². The number of aliphatic hydroxyl groups excluding tert-OH is 2. The van der Waals surface area contributed by atoms with E-state index in [-0.39, 0.29) is 79.3 Å². The Hall–Kier alpha value is -5.88. The normalized spacial score (nSPS) is 22.9. The number of fused-ring (bicyclic) bond motifs is 8. The topological polar surface area (TPSA) is 189 Å². The van der Waals surface area contributed by atoms with E-state index in [0.29, 0.717) is 65.9 Å². The number of aryl methyl sites for hydroxylation is 3. The summed E-state index contributed by atoms with van der Waals surface area (Å²) < 4.78 is 6.36. The Morgan fingerprint density at radius 3 is 2.60 bits per heavy atom. The van der Waals surface area contributed by atoms with Crippen LogP contribution in [0.25, 0.3) is 17.5 Å². The van der Waals surface area contributed by atoms with Crippen molar-refractivity contribution in [3.8, 4) is 17.2 Å². The first-order valence-corrected chi connectivity index (χ1v) is 22.4. The number of carbonyl (C=O) groups excluding carboxylic acids is 2. The summed E-state index contributed by atoms with van der Waals surface area (Å²) in [6, 6.07) is 18.5. The van der Waals surface area contributed by atoms with Crippen LogP contribution in [0.2, 0.25) is 0 Å². The fraction of sp³-hybridized carbons (Fsp3) is 0.385. The SMILES string of the molecule is O=C1CCc2cc(OC3CCCC3)c(O)c(c2)[C@H](O)c2ccc(CCCO)c(c2)Cc2cc[nH]c2[N-]CC2=Cc3[n-]ccc3[C@@H](C[C@]3(O)C=Cc4c(O)cccc4CC3)[C@@H]2C(=O)C1. The quantitative estimate of drug-likeness (QED) is 0.0875. The lowest BCUT2D eigenvalue weighted by Gasteiger charge is -2.39. The van der Waals surface area contributed by atoms with Crippen molar-refractivity contribution in [1.82, 2.24) is 9.97 Å². The van der Waals surface area contributed by atoms with Gasteiger partial charge in [0.25, 0.3) is 0 Å². The zero-order valence-corrected chi connectivity index (χ0v) is 35.4. The number of carbonyl (C=O) groups is 2. The van der Waals surface area contributed by atoms with E-state index < -0.39 is 23.5 Å². The van der Waals surface area contributed by atoms with E-state index in [2.05, 4.69) is 9.97 Å². The number of ether oxygens (including phenoxy) is 1. The first kappa shape index (κ1) is 42.4. The Morgan fingerprint density at radius 2 is 1.76 bits per heavy atom. The number of ketones is 2. The van der Waals surface area contributed by atoms with Crippen LogP contribution in [0.1, 0.15) is 126 Å². The molecule has 0 amide bonds. The Balaban J connectivity index is 1.10. The molecule has 3 aliphatic carbocycles. The van der Waals surface area contributed by atoms with Gasteiger partial charge in [0, 0.05) is 30.1 Å². The molecule has 0 unspecified atom stereocenters. The summed E-state index contributed by atoms with van der Waals surface area (Å²) in [7, 11) is 0. The highest BCUT2D eigenvalue weighted by atomic mass is 16.5. The van der Waals surface area contributed by atoms with E-state index >= 15 is 0 Å². The fourth-order valence-corrected chi connectivity index (χ4v) is 10.3. The summed E-state index contributed by atoms with van der Waals surface area (Å²) in [5, 5.41) is 61.5. The molecule has 1 saturated carbocycles. The van der Waals surface area contributed by atoms with E-state index in [9.17, 15) is 35.1 Å². The molecule has 4 bridgehead atoms. The van der Waals surface area contributed by atoms with Crippen LogP contribution in [0.4, 0.5) is 5.82 Å². The molecule has 0 saturated heterocycles. The number of rotatable bonds is 7. The van der Waals surface area contributed by atoms with Gasteiger partial charge in [0.2, 0.25) is 0 Å². The highest BCUT2D eigenvalue weighted by Gasteiger charge is 2.40. The number of nitrogens with one attached hydrogen (secondary N) is 1. The summed E-state index contributed by atoms with van der Waals surface area (Å²) in [4.78, 5) is 36.8. The van der Waals surface area contributed by atoms with Gasteiger partial charge in [-0.15, -0.1) is 5.69 Å². The number of aromatic hydroxyl groups is 2. The molecule has 4 atom stereocenters. The molecule has 11 nitrogen and oxygen atoms in total. The Morgan fingerprint density at radius 1 is 0.905 bits per heavy atom. The zero-order valence-electron chi connectivity index (χ0n) is 35.4. The predicted octanol–water partition coefficient (Wildman–Crippen LogP) is 8.36. The summed E-state index contributed by atoms with van der Waals surface area (Å²) in [5.74, 6) is -0.925. The molecule has 63 heavy (non-hydrogen) atoms. The third-order valence-electron chi connectivity index (χ3n) is 13.6. The molecule has 0 radical (unpaired) electrons. The van der Waals surface area contributed by atoms with Crippen LogP contribution in [0.5, 0.6) is 17.2 Å². The molecule has 3 heterocycles. The number of aromatic nitrogens is 2. The third kappa shape index (κ3) is 9.00. The third-order valence-corrected chi connectivity index (χ3v) is 13.6. The number of hydrogen-bond donors (Lipinski definition) is 6. The van der Waals surface area contributed by atoms with E-state index in [1.807, 2.05) is 48.7 Å². The number of aromatic amines is 1. The van der Waals surface area contributed by atoms with E-state index in [0.717, 1.165) is 53.5 Å². The molecule has 9 rings (SSSR count). The monoisotopic (exact) mass is 849 g/mol. The smallest absolute Gasteiger partial charge is 0.163 e. The Kier molecular flexibility index (Phi) is 12.2. The standard InChI is InChI=1S/C52H55N3O8/c56-22-4-6-32-11-12-34-25-36(32)26-35-16-20-54-51(35)55-30-37-27-44-41(17-21-53-44)43(29-52(62)18-14-33-5-3-9-45(58)40(33)15-19-52)48(37)46(59)28-38(57)13-10-31-23-42(49(34)60)50(61)47(24-31)63-39-7-1-2-8-39/h3,5,9,11-12,15-17,19-21,23-25,27,39,43,48-49,54,56,58,60-62H,1-2,4,6-8,10,13-14,18,22,26,28-30H2/q-2/t43-,48-,49-,52-/m1/s1. The predicted molar refractivity (Wildman–Crippen MR) is 240 cm³/mol. The van der Waals surface area contributed by atoms with Crippen LogP contribution < -0.4 is 9.72 Å². The van der Waals surface area contributed by atoms with Gasteiger partial charge in [-0.05, 0) is 135 Å². The Bertz CT molecular complexity index is 2560. The fourth-order valence-electron chi connectivity index (χ4n) is 10.3. The average Bonchev–Trinajstić information content (AvgIpc) is 4.05. The van der Waals surface area contributed by atoms with Crippen molar-refractivity contribution >= 4 is 29.5 Å². The van der Waals surface area contributed by atoms with E-state index in [1.165, 1.54) is 0 Å². The van der Waals surface area contributed by atoms with Crippen LogP contribution in [0.3, 0.4) is 0 Å². The van der Waals surface area contributed by atoms with Crippen molar-refractivity contribution in [3.05, 3.63) is 146 Å². The lowest BCUT2D eigenvalue weighted by molar-refractivity contribution is -0.129. The number of phenolic OH excluding ortho intramolecular Hbond substituents is 2. The minimum Gasteiger partial charge on any atom is -0.664 e. The first-order valence-electron chi connectivity index (χ1n) is 22.4. The molecule has 1 aliphatic heterocycles. The van der Waals surface area contributed by atoms with Gasteiger partial charge < -0.3 is 45.6 Å². The van der Waals surface area contributed by atoms with Gasteiger partial charge in [-0.3, -0.25) is 9.59 Å². The maximum absolute atomic E-state index is 14.8.